The van der Waals surface area contributed by atoms with E-state index in [-0.39, 0.29) is 53.2 Å². The van der Waals surface area contributed by atoms with E-state index in [1.54, 1.807) is 48.8 Å². The number of aromatic nitrogens is 3. The van der Waals surface area contributed by atoms with Crippen molar-refractivity contribution < 1.29 is 61.9 Å². The van der Waals surface area contributed by atoms with Crippen LogP contribution in [0.3, 0.4) is 0 Å². The molecule has 0 aliphatic heterocycles. The Bertz CT molecular complexity index is 1420. The number of aromatic carboxylic acids is 2. The summed E-state index contributed by atoms with van der Waals surface area (Å²) in [6, 6.07) is 27.6. The quantitative estimate of drug-likeness (QED) is 0.237. The minimum atomic E-state index is -1.15. The average molecular weight is 938 g/mol. The van der Waals surface area contributed by atoms with E-state index in [0.717, 1.165) is 31.7 Å². The zero-order chi connectivity index (χ0) is 28.2. The van der Waals surface area contributed by atoms with E-state index in [9.17, 15) is 19.8 Å². The van der Waals surface area contributed by atoms with Crippen molar-refractivity contribution in [1.82, 2.24) is 15.0 Å². The Morgan fingerprint density at radius 1 is 0.595 bits per heavy atom. The van der Waals surface area contributed by atoms with Gasteiger partial charge in [-0.2, -0.15) is 0 Å². The number of carboxylic acids is 2. The molecule has 3 heterocycles. The van der Waals surface area contributed by atoms with Crippen LogP contribution in [0.25, 0.3) is 22.8 Å². The third-order valence-corrected chi connectivity index (χ3v) is 6.08. The van der Waals surface area contributed by atoms with Gasteiger partial charge in [0.15, 0.2) is 0 Å². The largest absolute Gasteiger partial charge is 2.00 e. The van der Waals surface area contributed by atoms with Gasteiger partial charge >= 0.3 is 0 Å². The molecule has 0 bridgehead atoms. The van der Waals surface area contributed by atoms with Crippen molar-refractivity contribution in [1.29, 1.82) is 0 Å². The van der Waals surface area contributed by atoms with Crippen LogP contribution in [0.4, 0.5) is 0 Å². The van der Waals surface area contributed by atoms with E-state index in [0.29, 0.717) is 5.02 Å². The molecule has 13 heteroatoms. The van der Waals surface area contributed by atoms with Gasteiger partial charge in [0.2, 0.25) is 0 Å². The van der Waals surface area contributed by atoms with Crippen LogP contribution in [0.2, 0.25) is 5.02 Å². The van der Waals surface area contributed by atoms with Crippen LogP contribution in [0.5, 0.6) is 0 Å². The van der Waals surface area contributed by atoms with Crippen LogP contribution in [-0.4, -0.2) is 26.9 Å². The predicted octanol–water partition coefficient (Wildman–Crippen LogP) is 5.25. The summed E-state index contributed by atoms with van der Waals surface area (Å²) in [6.45, 7) is 0. The molecule has 0 saturated carbocycles. The smallest absolute Gasteiger partial charge is 0.0909 e. The number of halogens is 3. The van der Waals surface area contributed by atoms with Gasteiger partial charge in [0.1, 0.15) is 0 Å². The fourth-order valence-electron chi connectivity index (χ4n) is 2.96. The van der Waals surface area contributed by atoms with Gasteiger partial charge in [-0.1, -0.05) is 79.9 Å². The molecule has 5 aromatic rings. The van der Waals surface area contributed by atoms with Gasteiger partial charge in [0, 0.05) is 57.5 Å². The summed E-state index contributed by atoms with van der Waals surface area (Å²) in [5.74, 6) is -2.29. The van der Waals surface area contributed by atoms with Crippen LogP contribution in [0, 0.1) is 31.1 Å². The maximum absolute atomic E-state index is 10.2. The molecule has 0 saturated heterocycles. The van der Waals surface area contributed by atoms with Crippen molar-refractivity contribution >= 4 is 55.4 Å². The summed E-state index contributed by atoms with van der Waals surface area (Å²) >= 11 is 12.5. The first-order chi connectivity index (χ1) is 18.7. The molecule has 0 fully saturated rings. The van der Waals surface area contributed by atoms with Gasteiger partial charge in [-0.3, -0.25) is 9.97 Å². The van der Waals surface area contributed by atoms with Crippen LogP contribution in [0.1, 0.15) is 20.7 Å². The Morgan fingerprint density at radius 3 is 1.24 bits per heavy atom. The topological polar surface area (TPSA) is 176 Å². The molecular weight excluding hydrogens is 920 g/mol. The SMILES string of the molecule is Clc1cc(-c2ccccn2)nc(-c2ccccn2)c1.O=C([O-])c1ccc(Br)cc1.O=C([O-])c1ccc(Br)cc1.[O-2].[O-2].[U]. The van der Waals surface area contributed by atoms with Gasteiger partial charge in [-0.05, 0) is 71.8 Å². The first kappa shape index (κ1) is 39.1. The number of carbonyl (C=O) groups is 2. The zero-order valence-electron chi connectivity index (χ0n) is 21.3. The maximum atomic E-state index is 10.2. The second-order valence-corrected chi connectivity index (χ2v) is 9.84. The average Bonchev–Trinajstić information content (AvgIpc) is 2.95. The fourth-order valence-corrected chi connectivity index (χ4v) is 3.70. The molecule has 0 aliphatic rings. The molecular formula is C29H18Br2ClN3O6U-6. The Kier molecular flexibility index (Phi) is 18.6. The van der Waals surface area contributed by atoms with Gasteiger partial charge in [0.25, 0.3) is 0 Å². The van der Waals surface area contributed by atoms with E-state index in [2.05, 4.69) is 46.8 Å². The van der Waals surface area contributed by atoms with E-state index >= 15 is 0 Å². The molecule has 9 nitrogen and oxygen atoms in total. The third-order valence-electron chi connectivity index (χ3n) is 4.80. The summed E-state index contributed by atoms with van der Waals surface area (Å²) in [5.41, 5.74) is 3.47. The Balaban J connectivity index is 0.000000631. The number of benzene rings is 2. The summed E-state index contributed by atoms with van der Waals surface area (Å²) in [5, 5.41) is 21.0. The molecule has 3 aromatic heterocycles. The maximum Gasteiger partial charge on any atom is 0.0909 e. The predicted molar refractivity (Wildman–Crippen MR) is 154 cm³/mol. The zero-order valence-corrected chi connectivity index (χ0v) is 29.4. The van der Waals surface area contributed by atoms with E-state index in [4.69, 9.17) is 11.6 Å². The number of carbonyl (C=O) groups excluding carboxylic acids is 2. The number of pyridine rings is 3. The Hall–Kier alpha value is -2.95. The number of nitrogens with zero attached hydrogens (tertiary/aromatic N) is 3. The van der Waals surface area contributed by atoms with Crippen LogP contribution >= 0.6 is 43.5 Å². The molecule has 0 atom stereocenters. The summed E-state index contributed by atoms with van der Waals surface area (Å²) in [6.07, 6.45) is 3.47. The minimum absolute atomic E-state index is 0. The van der Waals surface area contributed by atoms with Crippen molar-refractivity contribution in [2.45, 2.75) is 0 Å². The van der Waals surface area contributed by atoms with Crippen LogP contribution in [-0.2, 0) is 11.0 Å². The molecule has 5 rings (SSSR count). The monoisotopic (exact) mass is 935 g/mol. The Morgan fingerprint density at radius 2 is 0.952 bits per heavy atom. The normalized spacial score (nSPS) is 9.12. The van der Waals surface area contributed by atoms with Gasteiger partial charge in [-0.25, -0.2) is 4.98 Å². The van der Waals surface area contributed by atoms with Crippen molar-refractivity contribution in [3.8, 4) is 22.8 Å². The van der Waals surface area contributed by atoms with Gasteiger partial charge < -0.3 is 30.8 Å². The Labute approximate surface area is 287 Å². The van der Waals surface area contributed by atoms with Gasteiger partial charge in [-0.15, -0.1) is 0 Å². The molecule has 0 radical (unpaired) electrons. The van der Waals surface area contributed by atoms with Crippen molar-refractivity contribution in [2.24, 2.45) is 0 Å². The molecule has 2 aromatic carbocycles. The van der Waals surface area contributed by atoms with E-state index < -0.39 is 11.9 Å². The number of hydrogen-bond donors (Lipinski definition) is 0. The molecule has 42 heavy (non-hydrogen) atoms. The second-order valence-electron chi connectivity index (χ2n) is 7.57. The molecule has 0 N–H and O–H groups in total. The molecule has 0 unspecified atom stereocenters. The number of hydrogen-bond acceptors (Lipinski definition) is 7. The molecule has 216 valence electrons. The van der Waals surface area contributed by atoms with Crippen molar-refractivity contribution in [3.05, 3.63) is 135 Å². The summed E-state index contributed by atoms with van der Waals surface area (Å²) in [4.78, 5) is 33.5. The fraction of sp³-hybridized carbons (Fsp3) is 0. The summed E-state index contributed by atoms with van der Waals surface area (Å²) in [7, 11) is 0. The van der Waals surface area contributed by atoms with Crippen LogP contribution in [0.15, 0.2) is 118 Å². The first-order valence-corrected chi connectivity index (χ1v) is 13.1. The third kappa shape index (κ3) is 12.9. The second kappa shape index (κ2) is 20.0. The standard InChI is InChI=1S/C15H10ClN3.2C7H5BrO2.2O.U/c16-11-9-14(12-5-1-3-7-17-12)19-15(10-11)13-6-2-4-8-18-13;2*8-6-3-1-5(2-4-6)7(9)10;;;/h1-10H;2*1-4H,(H,9,10);;;/q;;;2*-2;/p-2. The minimum Gasteiger partial charge on any atom is -2.00 e. The van der Waals surface area contributed by atoms with Crippen LogP contribution < -0.4 is 10.2 Å². The van der Waals surface area contributed by atoms with E-state index in [1.807, 2.05) is 36.4 Å². The van der Waals surface area contributed by atoms with E-state index in [1.165, 1.54) is 24.3 Å². The first-order valence-electron chi connectivity index (χ1n) is 11.2. The molecule has 0 spiro atoms. The van der Waals surface area contributed by atoms with Crippen molar-refractivity contribution in [2.75, 3.05) is 0 Å². The van der Waals surface area contributed by atoms with Gasteiger partial charge in [0.05, 0.1) is 34.7 Å². The summed E-state index contributed by atoms with van der Waals surface area (Å²) < 4.78 is 1.72. The number of carboxylic acid groups (broad SMARTS) is 2. The molecule has 0 amide bonds. The molecule has 0 aliphatic carbocycles. The number of rotatable bonds is 4. The van der Waals surface area contributed by atoms with Crippen molar-refractivity contribution in [3.63, 3.8) is 0 Å².